The molecule has 0 saturated heterocycles. The van der Waals surface area contributed by atoms with Crippen molar-refractivity contribution in [1.29, 1.82) is 0 Å². The number of nitrogens with zero attached hydrogens (tertiary/aromatic N) is 1. The first-order valence-corrected chi connectivity index (χ1v) is 6.68. The van der Waals surface area contributed by atoms with Crippen molar-refractivity contribution in [3.63, 3.8) is 0 Å². The van der Waals surface area contributed by atoms with E-state index in [1.807, 2.05) is 36.4 Å². The number of ether oxygens (including phenoxy) is 1. The zero-order valence-electron chi connectivity index (χ0n) is 10.8. The lowest BCUT2D eigenvalue weighted by atomic mass is 10.2. The largest absolute Gasteiger partial charge is 0.486 e. The van der Waals surface area contributed by atoms with Crippen LogP contribution < -0.4 is 10.5 Å². The number of nitrogens with one attached hydrogen (secondary N) is 1. The second-order valence-electron chi connectivity index (χ2n) is 4.49. The van der Waals surface area contributed by atoms with Crippen molar-refractivity contribution in [3.05, 3.63) is 58.9 Å². The van der Waals surface area contributed by atoms with Crippen LogP contribution >= 0.6 is 11.6 Å². The Hall–Kier alpha value is -2.04. The number of imidazole rings is 1. The monoisotopic (exact) mass is 287 g/mol. The molecule has 1 heterocycles. The predicted molar refractivity (Wildman–Crippen MR) is 79.8 cm³/mol. The van der Waals surface area contributed by atoms with Gasteiger partial charge in [-0.2, -0.15) is 0 Å². The van der Waals surface area contributed by atoms with Crippen molar-refractivity contribution in [2.45, 2.75) is 13.2 Å². The molecule has 0 atom stereocenters. The third-order valence-corrected chi connectivity index (χ3v) is 3.24. The molecule has 3 rings (SSSR count). The number of aromatic nitrogens is 2. The molecule has 102 valence electrons. The lowest BCUT2D eigenvalue weighted by molar-refractivity contribution is 0.297. The van der Waals surface area contributed by atoms with Crippen LogP contribution in [0.15, 0.2) is 42.5 Å². The summed E-state index contributed by atoms with van der Waals surface area (Å²) in [5.41, 5.74) is 8.58. The molecule has 3 aromatic rings. The van der Waals surface area contributed by atoms with Gasteiger partial charge in [0.1, 0.15) is 18.2 Å². The molecule has 0 amide bonds. The summed E-state index contributed by atoms with van der Waals surface area (Å²) in [4.78, 5) is 7.70. The molecule has 0 saturated carbocycles. The number of H-pyrrole nitrogens is 1. The molecule has 20 heavy (non-hydrogen) atoms. The average molecular weight is 288 g/mol. The third-order valence-electron chi connectivity index (χ3n) is 3.00. The first kappa shape index (κ1) is 13.0. The molecule has 1 aromatic heterocycles. The summed E-state index contributed by atoms with van der Waals surface area (Å²) in [6.07, 6.45) is 0. The Morgan fingerprint density at radius 3 is 2.90 bits per heavy atom. The van der Waals surface area contributed by atoms with Crippen LogP contribution in [0.3, 0.4) is 0 Å². The Labute approximate surface area is 121 Å². The van der Waals surface area contributed by atoms with Gasteiger partial charge >= 0.3 is 0 Å². The number of halogens is 1. The fourth-order valence-corrected chi connectivity index (χ4v) is 2.19. The number of rotatable bonds is 4. The molecule has 0 radical (unpaired) electrons. The van der Waals surface area contributed by atoms with E-state index in [0.717, 1.165) is 28.2 Å². The van der Waals surface area contributed by atoms with Gasteiger partial charge in [0.15, 0.2) is 0 Å². The summed E-state index contributed by atoms with van der Waals surface area (Å²) in [6.45, 7) is 0.885. The van der Waals surface area contributed by atoms with Crippen molar-refractivity contribution in [3.8, 4) is 5.75 Å². The van der Waals surface area contributed by atoms with Crippen LogP contribution in [-0.2, 0) is 13.2 Å². The average Bonchev–Trinajstić information content (AvgIpc) is 2.87. The van der Waals surface area contributed by atoms with Gasteiger partial charge in [-0.25, -0.2) is 4.98 Å². The standard InChI is InChI=1S/C15H14ClN3O/c16-11-2-1-3-12(7-11)20-9-15-18-13-5-4-10(8-17)6-14(13)19-15/h1-7H,8-9,17H2,(H,18,19). The molecular formula is C15H14ClN3O. The molecule has 0 aliphatic carbocycles. The quantitative estimate of drug-likeness (QED) is 0.774. The van der Waals surface area contributed by atoms with E-state index in [0.29, 0.717) is 18.2 Å². The summed E-state index contributed by atoms with van der Waals surface area (Å²) < 4.78 is 5.66. The molecule has 4 nitrogen and oxygen atoms in total. The highest BCUT2D eigenvalue weighted by Gasteiger charge is 2.04. The molecule has 0 spiro atoms. The van der Waals surface area contributed by atoms with E-state index in [2.05, 4.69) is 9.97 Å². The van der Waals surface area contributed by atoms with Gasteiger partial charge in [0.25, 0.3) is 0 Å². The van der Waals surface area contributed by atoms with E-state index in [1.54, 1.807) is 6.07 Å². The number of hydrogen-bond acceptors (Lipinski definition) is 3. The van der Waals surface area contributed by atoms with E-state index >= 15 is 0 Å². The molecule has 5 heteroatoms. The van der Waals surface area contributed by atoms with Gasteiger partial charge in [-0.05, 0) is 35.9 Å². The number of fused-ring (bicyclic) bond motifs is 1. The number of nitrogens with two attached hydrogens (primary N) is 1. The van der Waals surface area contributed by atoms with Crippen LogP contribution in [0.5, 0.6) is 5.75 Å². The first-order chi connectivity index (χ1) is 9.74. The maximum Gasteiger partial charge on any atom is 0.146 e. The van der Waals surface area contributed by atoms with E-state index in [4.69, 9.17) is 22.1 Å². The minimum atomic E-state index is 0.368. The highest BCUT2D eigenvalue weighted by Crippen LogP contribution is 2.19. The Kier molecular flexibility index (Phi) is 3.58. The summed E-state index contributed by atoms with van der Waals surface area (Å²) >= 11 is 5.91. The number of hydrogen-bond donors (Lipinski definition) is 2. The van der Waals surface area contributed by atoms with E-state index < -0.39 is 0 Å². The van der Waals surface area contributed by atoms with Crippen molar-refractivity contribution in [2.24, 2.45) is 5.73 Å². The van der Waals surface area contributed by atoms with Crippen LogP contribution in [0.25, 0.3) is 11.0 Å². The van der Waals surface area contributed by atoms with Crippen molar-refractivity contribution >= 4 is 22.6 Å². The smallest absolute Gasteiger partial charge is 0.146 e. The van der Waals surface area contributed by atoms with E-state index in [9.17, 15) is 0 Å². The first-order valence-electron chi connectivity index (χ1n) is 6.30. The van der Waals surface area contributed by atoms with E-state index in [-0.39, 0.29) is 0 Å². The van der Waals surface area contributed by atoms with Gasteiger partial charge in [0.2, 0.25) is 0 Å². The third kappa shape index (κ3) is 2.76. The molecule has 0 bridgehead atoms. The van der Waals surface area contributed by atoms with Crippen molar-refractivity contribution in [2.75, 3.05) is 0 Å². The molecule has 0 unspecified atom stereocenters. The van der Waals surface area contributed by atoms with Crippen molar-refractivity contribution < 1.29 is 4.74 Å². The fraction of sp³-hybridized carbons (Fsp3) is 0.133. The summed E-state index contributed by atoms with van der Waals surface area (Å²) in [7, 11) is 0. The zero-order chi connectivity index (χ0) is 13.9. The molecule has 0 aliphatic rings. The summed E-state index contributed by atoms with van der Waals surface area (Å²) in [5, 5.41) is 0.652. The van der Waals surface area contributed by atoms with Crippen molar-refractivity contribution in [1.82, 2.24) is 9.97 Å². The number of aromatic amines is 1. The molecular weight excluding hydrogens is 274 g/mol. The van der Waals surface area contributed by atoms with Gasteiger partial charge in [-0.1, -0.05) is 23.7 Å². The van der Waals surface area contributed by atoms with Gasteiger partial charge in [0.05, 0.1) is 11.0 Å². The Morgan fingerprint density at radius 1 is 1.20 bits per heavy atom. The number of benzene rings is 2. The Morgan fingerprint density at radius 2 is 2.10 bits per heavy atom. The maximum atomic E-state index is 5.91. The lowest BCUT2D eigenvalue weighted by Gasteiger charge is -2.03. The van der Waals surface area contributed by atoms with Crippen LogP contribution in [0.2, 0.25) is 5.02 Å². The lowest BCUT2D eigenvalue weighted by Crippen LogP contribution is -1.97. The van der Waals surface area contributed by atoms with E-state index in [1.165, 1.54) is 0 Å². The van der Waals surface area contributed by atoms with Crippen LogP contribution in [-0.4, -0.2) is 9.97 Å². The molecule has 2 aromatic carbocycles. The maximum absolute atomic E-state index is 5.91. The zero-order valence-corrected chi connectivity index (χ0v) is 11.5. The second-order valence-corrected chi connectivity index (χ2v) is 4.92. The predicted octanol–water partition coefficient (Wildman–Crippen LogP) is 3.25. The topological polar surface area (TPSA) is 63.9 Å². The minimum Gasteiger partial charge on any atom is -0.486 e. The Balaban J connectivity index is 1.77. The normalized spacial score (nSPS) is 10.9. The SMILES string of the molecule is NCc1ccc2nc(COc3cccc(Cl)c3)[nH]c2c1. The highest BCUT2D eigenvalue weighted by molar-refractivity contribution is 6.30. The van der Waals surface area contributed by atoms with Crippen LogP contribution in [0, 0.1) is 0 Å². The van der Waals surface area contributed by atoms with Crippen LogP contribution in [0.4, 0.5) is 0 Å². The fourth-order valence-electron chi connectivity index (χ4n) is 2.01. The Bertz CT molecular complexity index is 739. The summed E-state index contributed by atoms with van der Waals surface area (Å²) in [5.74, 6) is 1.50. The molecule has 3 N–H and O–H groups in total. The van der Waals surface area contributed by atoms with Crippen LogP contribution in [0.1, 0.15) is 11.4 Å². The second kappa shape index (κ2) is 5.53. The van der Waals surface area contributed by atoms with Gasteiger partial charge < -0.3 is 15.5 Å². The summed E-state index contributed by atoms with van der Waals surface area (Å²) in [6, 6.07) is 13.2. The van der Waals surface area contributed by atoms with Gasteiger partial charge in [-0.3, -0.25) is 0 Å². The van der Waals surface area contributed by atoms with Gasteiger partial charge in [-0.15, -0.1) is 0 Å². The molecule has 0 aliphatic heterocycles. The van der Waals surface area contributed by atoms with Gasteiger partial charge in [0, 0.05) is 11.6 Å². The minimum absolute atomic E-state index is 0.368. The molecule has 0 fully saturated rings. The highest BCUT2D eigenvalue weighted by atomic mass is 35.5.